The van der Waals surface area contributed by atoms with Crippen LogP contribution in [0.5, 0.6) is 5.75 Å². The fourth-order valence-electron chi connectivity index (χ4n) is 2.60. The molecule has 0 heterocycles. The lowest BCUT2D eigenvalue weighted by atomic mass is 10.1. The molecule has 1 aliphatic carbocycles. The van der Waals surface area contributed by atoms with E-state index in [0.29, 0.717) is 23.1 Å². The van der Waals surface area contributed by atoms with Gasteiger partial charge in [0.15, 0.2) is 5.75 Å². The Morgan fingerprint density at radius 2 is 1.95 bits per heavy atom. The normalized spacial score (nSPS) is 13.3. The van der Waals surface area contributed by atoms with Crippen LogP contribution >= 0.6 is 27.5 Å². The summed E-state index contributed by atoms with van der Waals surface area (Å²) in [5.41, 5.74) is 10.6. The van der Waals surface area contributed by atoms with Gasteiger partial charge in [-0.05, 0) is 64.0 Å². The smallest absolute Gasteiger partial charge is 0.156 e. The first kappa shape index (κ1) is 13.8. The molecule has 0 fully saturated rings. The second-order valence-corrected chi connectivity index (χ2v) is 6.34. The van der Waals surface area contributed by atoms with E-state index in [0.717, 1.165) is 4.47 Å². The summed E-state index contributed by atoms with van der Waals surface area (Å²) in [7, 11) is 0. The van der Waals surface area contributed by atoms with E-state index >= 15 is 0 Å². The summed E-state index contributed by atoms with van der Waals surface area (Å²) in [6, 6.07) is 10.1. The average Bonchev–Trinajstić information content (AvgIpc) is 2.84. The molecule has 0 atom stereocenters. The summed E-state index contributed by atoms with van der Waals surface area (Å²) in [4.78, 5) is 0. The minimum atomic E-state index is 0.512. The number of nitrogen functional groups attached to an aromatic ring is 1. The number of aryl methyl sites for hydroxylation is 2. The summed E-state index contributed by atoms with van der Waals surface area (Å²) in [6.45, 7) is 0.512. The molecule has 2 aromatic rings. The maximum absolute atomic E-state index is 5.94. The van der Waals surface area contributed by atoms with E-state index in [1.165, 1.54) is 36.0 Å². The fraction of sp³-hybridized carbons (Fsp3) is 0.250. The summed E-state index contributed by atoms with van der Waals surface area (Å²) in [6.07, 6.45) is 3.64. The van der Waals surface area contributed by atoms with Crippen LogP contribution in [0.3, 0.4) is 0 Å². The van der Waals surface area contributed by atoms with Crippen LogP contribution in [0.25, 0.3) is 0 Å². The Morgan fingerprint density at radius 1 is 1.15 bits per heavy atom. The van der Waals surface area contributed by atoms with Crippen molar-refractivity contribution >= 4 is 33.2 Å². The fourth-order valence-corrected chi connectivity index (χ4v) is 3.55. The van der Waals surface area contributed by atoms with Crippen LogP contribution in [0.15, 0.2) is 34.8 Å². The van der Waals surface area contributed by atoms with E-state index in [2.05, 4.69) is 34.1 Å². The molecule has 0 aromatic heterocycles. The average molecular weight is 353 g/mol. The lowest BCUT2D eigenvalue weighted by molar-refractivity contribution is 0.306. The number of ether oxygens (including phenoxy) is 1. The minimum Gasteiger partial charge on any atom is -0.486 e. The molecule has 3 rings (SSSR count). The summed E-state index contributed by atoms with van der Waals surface area (Å²) >= 11 is 9.37. The molecular weight excluding hydrogens is 338 g/mol. The highest BCUT2D eigenvalue weighted by Crippen LogP contribution is 2.35. The Kier molecular flexibility index (Phi) is 3.90. The molecule has 0 saturated carbocycles. The molecule has 0 bridgehead atoms. The van der Waals surface area contributed by atoms with Gasteiger partial charge in [0.25, 0.3) is 0 Å². The number of nitrogens with two attached hydrogens (primary N) is 1. The van der Waals surface area contributed by atoms with Gasteiger partial charge in [-0.3, -0.25) is 0 Å². The molecule has 2 nitrogen and oxygen atoms in total. The van der Waals surface area contributed by atoms with Crippen molar-refractivity contribution in [2.45, 2.75) is 25.9 Å². The SMILES string of the molecule is Nc1cc(Cl)cc(Br)c1OCc1ccc2c(c1)CCC2. The van der Waals surface area contributed by atoms with Crippen LogP contribution in [0.2, 0.25) is 5.02 Å². The standard InChI is InChI=1S/C16H15BrClNO/c17-14-7-13(18)8-15(19)16(14)20-9-10-4-5-11-2-1-3-12(11)6-10/h4-8H,1-3,9,19H2. The minimum absolute atomic E-state index is 0.512. The van der Waals surface area contributed by atoms with E-state index in [4.69, 9.17) is 22.1 Å². The van der Waals surface area contributed by atoms with E-state index < -0.39 is 0 Å². The van der Waals surface area contributed by atoms with Crippen molar-refractivity contribution in [1.29, 1.82) is 0 Å². The Bertz CT molecular complexity index is 634. The molecule has 2 N–H and O–H groups in total. The van der Waals surface area contributed by atoms with Crippen LogP contribution in [-0.2, 0) is 19.4 Å². The molecule has 0 spiro atoms. The van der Waals surface area contributed by atoms with Gasteiger partial charge in [-0.2, -0.15) is 0 Å². The van der Waals surface area contributed by atoms with Gasteiger partial charge >= 0.3 is 0 Å². The summed E-state index contributed by atoms with van der Waals surface area (Å²) in [5, 5.41) is 0.597. The van der Waals surface area contributed by atoms with Gasteiger partial charge in [-0.25, -0.2) is 0 Å². The molecule has 4 heteroatoms. The molecule has 104 valence electrons. The van der Waals surface area contributed by atoms with Gasteiger partial charge < -0.3 is 10.5 Å². The van der Waals surface area contributed by atoms with E-state index in [9.17, 15) is 0 Å². The number of hydrogen-bond donors (Lipinski definition) is 1. The number of anilines is 1. The highest BCUT2D eigenvalue weighted by Gasteiger charge is 2.12. The number of rotatable bonds is 3. The number of halogens is 2. The van der Waals surface area contributed by atoms with E-state index in [1.807, 2.05) is 0 Å². The predicted molar refractivity (Wildman–Crippen MR) is 86.4 cm³/mol. The Balaban J connectivity index is 1.77. The lowest BCUT2D eigenvalue weighted by Crippen LogP contribution is -2.00. The van der Waals surface area contributed by atoms with Crippen molar-refractivity contribution in [3.8, 4) is 5.75 Å². The van der Waals surface area contributed by atoms with Gasteiger partial charge in [0.1, 0.15) is 6.61 Å². The predicted octanol–water partition coefficient (Wildman–Crippen LogP) is 4.75. The first-order valence-electron chi connectivity index (χ1n) is 6.61. The van der Waals surface area contributed by atoms with E-state index in [1.54, 1.807) is 12.1 Å². The van der Waals surface area contributed by atoms with Crippen LogP contribution < -0.4 is 10.5 Å². The second-order valence-electron chi connectivity index (χ2n) is 5.05. The van der Waals surface area contributed by atoms with Gasteiger partial charge in [-0.1, -0.05) is 29.8 Å². The zero-order chi connectivity index (χ0) is 14.1. The molecular formula is C16H15BrClNO. The molecule has 0 radical (unpaired) electrons. The highest BCUT2D eigenvalue weighted by atomic mass is 79.9. The monoisotopic (exact) mass is 351 g/mol. The van der Waals surface area contributed by atoms with Gasteiger partial charge in [0.2, 0.25) is 0 Å². The largest absolute Gasteiger partial charge is 0.486 e. The summed E-state index contributed by atoms with van der Waals surface area (Å²) in [5.74, 6) is 0.648. The number of benzene rings is 2. The molecule has 0 aliphatic heterocycles. The van der Waals surface area contributed by atoms with Gasteiger partial charge in [0, 0.05) is 5.02 Å². The maximum Gasteiger partial charge on any atom is 0.156 e. The molecule has 20 heavy (non-hydrogen) atoms. The van der Waals surface area contributed by atoms with Crippen molar-refractivity contribution in [1.82, 2.24) is 0 Å². The summed E-state index contributed by atoms with van der Waals surface area (Å²) < 4.78 is 6.62. The van der Waals surface area contributed by atoms with Crippen molar-refractivity contribution in [3.63, 3.8) is 0 Å². The van der Waals surface area contributed by atoms with Crippen LogP contribution in [0.4, 0.5) is 5.69 Å². The second kappa shape index (κ2) is 5.66. The highest BCUT2D eigenvalue weighted by molar-refractivity contribution is 9.10. The van der Waals surface area contributed by atoms with Crippen molar-refractivity contribution in [3.05, 3.63) is 56.5 Å². The third kappa shape index (κ3) is 2.79. The zero-order valence-corrected chi connectivity index (χ0v) is 13.3. The van der Waals surface area contributed by atoms with Crippen molar-refractivity contribution in [2.75, 3.05) is 5.73 Å². The van der Waals surface area contributed by atoms with Gasteiger partial charge in [-0.15, -0.1) is 0 Å². The molecule has 0 saturated heterocycles. The van der Waals surface area contributed by atoms with E-state index in [-0.39, 0.29) is 0 Å². The van der Waals surface area contributed by atoms with Crippen LogP contribution in [0.1, 0.15) is 23.1 Å². The third-order valence-corrected chi connectivity index (χ3v) is 4.39. The third-order valence-electron chi connectivity index (χ3n) is 3.58. The maximum atomic E-state index is 5.94. The Morgan fingerprint density at radius 3 is 2.75 bits per heavy atom. The topological polar surface area (TPSA) is 35.2 Å². The molecule has 1 aliphatic rings. The van der Waals surface area contributed by atoms with Gasteiger partial charge in [0.05, 0.1) is 10.2 Å². The Labute approximate surface area is 132 Å². The number of fused-ring (bicyclic) bond motifs is 1. The van der Waals surface area contributed by atoms with Crippen molar-refractivity contribution < 1.29 is 4.74 Å². The number of hydrogen-bond acceptors (Lipinski definition) is 2. The lowest BCUT2D eigenvalue weighted by Gasteiger charge is -2.12. The first-order chi connectivity index (χ1) is 9.63. The zero-order valence-electron chi connectivity index (χ0n) is 11.0. The Hall–Kier alpha value is -1.19. The molecule has 0 amide bonds. The van der Waals surface area contributed by atoms with Crippen LogP contribution in [-0.4, -0.2) is 0 Å². The molecule has 0 unspecified atom stereocenters. The van der Waals surface area contributed by atoms with Crippen LogP contribution in [0, 0.1) is 0 Å². The van der Waals surface area contributed by atoms with Crippen molar-refractivity contribution in [2.24, 2.45) is 0 Å². The quantitative estimate of drug-likeness (QED) is 0.809. The molecule has 2 aromatic carbocycles. The first-order valence-corrected chi connectivity index (χ1v) is 7.78.